The van der Waals surface area contributed by atoms with Crippen molar-refractivity contribution < 1.29 is 9.18 Å². The Morgan fingerprint density at radius 2 is 1.71 bits per heavy atom. The second kappa shape index (κ2) is 9.77. The third-order valence-electron chi connectivity index (χ3n) is 3.64. The van der Waals surface area contributed by atoms with Gasteiger partial charge in [0.05, 0.1) is 0 Å². The second-order valence-electron chi connectivity index (χ2n) is 5.72. The molecular formula is C20H19FN6O. The number of nitrogens with one attached hydrogen (secondary N) is 3. The summed E-state index contributed by atoms with van der Waals surface area (Å²) in [6.07, 6.45) is 4.43. The molecule has 3 aromatic rings. The summed E-state index contributed by atoms with van der Waals surface area (Å²) in [5, 5.41) is 16.9. The highest BCUT2D eigenvalue weighted by Crippen LogP contribution is 2.11. The number of nitrogens with zero attached hydrogens (tertiary/aromatic N) is 3. The number of carbonyl (C=O) groups excluding carboxylic acids is 1. The molecule has 1 aromatic carbocycles. The van der Waals surface area contributed by atoms with E-state index in [1.54, 1.807) is 36.5 Å². The van der Waals surface area contributed by atoms with Crippen LogP contribution >= 0.6 is 0 Å². The van der Waals surface area contributed by atoms with E-state index in [1.807, 2.05) is 18.2 Å². The highest BCUT2D eigenvalue weighted by molar-refractivity contribution is 5.91. The lowest BCUT2D eigenvalue weighted by atomic mass is 10.2. The maximum atomic E-state index is 13.5. The molecule has 0 spiro atoms. The van der Waals surface area contributed by atoms with Gasteiger partial charge in [-0.1, -0.05) is 24.3 Å². The Morgan fingerprint density at radius 1 is 0.929 bits per heavy atom. The van der Waals surface area contributed by atoms with Gasteiger partial charge in [-0.25, -0.2) is 9.37 Å². The summed E-state index contributed by atoms with van der Waals surface area (Å²) in [6, 6.07) is 15.3. The zero-order chi connectivity index (χ0) is 19.6. The third kappa shape index (κ3) is 5.87. The summed E-state index contributed by atoms with van der Waals surface area (Å²) in [6.45, 7) is 0.858. The first-order chi connectivity index (χ1) is 13.7. The van der Waals surface area contributed by atoms with Crippen LogP contribution in [0.15, 0.2) is 66.9 Å². The van der Waals surface area contributed by atoms with Gasteiger partial charge >= 0.3 is 0 Å². The van der Waals surface area contributed by atoms with Gasteiger partial charge < -0.3 is 16.0 Å². The van der Waals surface area contributed by atoms with Crippen molar-refractivity contribution in [3.05, 3.63) is 78.3 Å². The summed E-state index contributed by atoms with van der Waals surface area (Å²) < 4.78 is 13.5. The molecule has 0 bridgehead atoms. The van der Waals surface area contributed by atoms with E-state index in [0.717, 1.165) is 0 Å². The lowest BCUT2D eigenvalue weighted by molar-refractivity contribution is -0.116. The van der Waals surface area contributed by atoms with E-state index in [-0.39, 0.29) is 11.7 Å². The summed E-state index contributed by atoms with van der Waals surface area (Å²) in [7, 11) is 0. The van der Waals surface area contributed by atoms with Crippen LogP contribution in [0.2, 0.25) is 0 Å². The Bertz CT molecular complexity index is 931. The molecule has 0 atom stereocenters. The number of anilines is 3. The lowest BCUT2D eigenvalue weighted by Gasteiger charge is -2.07. The molecule has 3 N–H and O–H groups in total. The van der Waals surface area contributed by atoms with Gasteiger partial charge in [-0.2, -0.15) is 0 Å². The van der Waals surface area contributed by atoms with Crippen molar-refractivity contribution in [3.63, 3.8) is 0 Å². The molecule has 0 saturated heterocycles. The van der Waals surface area contributed by atoms with Crippen molar-refractivity contribution in [1.82, 2.24) is 20.5 Å². The highest BCUT2D eigenvalue weighted by atomic mass is 19.1. The first kappa shape index (κ1) is 19.0. The van der Waals surface area contributed by atoms with Gasteiger partial charge in [-0.05, 0) is 36.4 Å². The molecule has 0 fully saturated rings. The molecule has 0 aliphatic heterocycles. The van der Waals surface area contributed by atoms with Gasteiger partial charge in [-0.15, -0.1) is 10.2 Å². The van der Waals surface area contributed by atoms with Crippen LogP contribution in [0.3, 0.4) is 0 Å². The SMILES string of the molecule is O=C(/C=C/c1ccccc1F)NCCNc1ccc(Nc2ccccn2)nn1. The third-order valence-corrected chi connectivity index (χ3v) is 3.64. The number of halogens is 1. The molecule has 0 aliphatic rings. The highest BCUT2D eigenvalue weighted by Gasteiger charge is 2.01. The molecule has 3 rings (SSSR count). The van der Waals surface area contributed by atoms with Crippen molar-refractivity contribution in [3.8, 4) is 0 Å². The number of hydrogen-bond acceptors (Lipinski definition) is 6. The van der Waals surface area contributed by atoms with Crippen LogP contribution in [0.1, 0.15) is 5.56 Å². The average Bonchev–Trinajstić information content (AvgIpc) is 2.72. The fourth-order valence-electron chi connectivity index (χ4n) is 2.27. The summed E-state index contributed by atoms with van der Waals surface area (Å²) in [5.41, 5.74) is 0.366. The number of hydrogen-bond donors (Lipinski definition) is 3. The number of amides is 1. The van der Waals surface area contributed by atoms with Crippen molar-refractivity contribution in [2.45, 2.75) is 0 Å². The monoisotopic (exact) mass is 378 g/mol. The minimum atomic E-state index is -0.368. The van der Waals surface area contributed by atoms with E-state index in [0.29, 0.717) is 36.1 Å². The largest absolute Gasteiger partial charge is 0.367 e. The molecule has 2 heterocycles. The predicted molar refractivity (Wildman–Crippen MR) is 106 cm³/mol. The Balaban J connectivity index is 1.39. The van der Waals surface area contributed by atoms with Crippen LogP contribution in [0.25, 0.3) is 6.08 Å². The number of aromatic nitrogens is 3. The van der Waals surface area contributed by atoms with Crippen molar-refractivity contribution >= 4 is 29.4 Å². The van der Waals surface area contributed by atoms with Crippen LogP contribution in [-0.2, 0) is 4.79 Å². The Morgan fingerprint density at radius 3 is 2.46 bits per heavy atom. The molecule has 0 radical (unpaired) electrons. The summed E-state index contributed by atoms with van der Waals surface area (Å²) in [5.74, 6) is 1.18. The van der Waals surface area contributed by atoms with E-state index in [1.165, 1.54) is 18.2 Å². The Hall–Kier alpha value is -3.81. The van der Waals surface area contributed by atoms with Gasteiger partial charge in [0.15, 0.2) is 5.82 Å². The normalized spacial score (nSPS) is 10.6. The standard InChI is InChI=1S/C20H19FN6O/c21-16-6-2-1-5-15(16)8-11-20(28)24-14-13-23-18-9-10-19(27-26-18)25-17-7-3-4-12-22-17/h1-12H,13-14H2,(H,23,26)(H,24,28)(H,22,25,27)/b11-8+. The molecule has 0 unspecified atom stereocenters. The van der Waals surface area contributed by atoms with Crippen molar-refractivity contribution in [1.29, 1.82) is 0 Å². The molecule has 8 heteroatoms. The molecule has 0 aliphatic carbocycles. The molecular weight excluding hydrogens is 359 g/mol. The first-order valence-electron chi connectivity index (χ1n) is 8.67. The van der Waals surface area contributed by atoms with E-state index < -0.39 is 0 Å². The Labute approximate surface area is 161 Å². The predicted octanol–water partition coefficient (Wildman–Crippen LogP) is 3.00. The molecule has 28 heavy (non-hydrogen) atoms. The fraction of sp³-hybridized carbons (Fsp3) is 0.100. The van der Waals surface area contributed by atoms with E-state index in [4.69, 9.17) is 0 Å². The summed E-state index contributed by atoms with van der Waals surface area (Å²) in [4.78, 5) is 15.9. The van der Waals surface area contributed by atoms with E-state index >= 15 is 0 Å². The lowest BCUT2D eigenvalue weighted by Crippen LogP contribution is -2.27. The molecule has 2 aromatic heterocycles. The van der Waals surface area contributed by atoms with Gasteiger partial charge in [0.25, 0.3) is 0 Å². The van der Waals surface area contributed by atoms with Crippen LogP contribution in [0.5, 0.6) is 0 Å². The first-order valence-corrected chi connectivity index (χ1v) is 8.67. The minimum Gasteiger partial charge on any atom is -0.367 e. The van der Waals surface area contributed by atoms with Crippen LogP contribution in [0, 0.1) is 5.82 Å². The van der Waals surface area contributed by atoms with E-state index in [2.05, 4.69) is 31.1 Å². The van der Waals surface area contributed by atoms with Gasteiger partial charge in [0.2, 0.25) is 5.91 Å². The van der Waals surface area contributed by atoms with Crippen LogP contribution in [-0.4, -0.2) is 34.2 Å². The van der Waals surface area contributed by atoms with Crippen molar-refractivity contribution in [2.75, 3.05) is 23.7 Å². The smallest absolute Gasteiger partial charge is 0.244 e. The maximum Gasteiger partial charge on any atom is 0.244 e. The van der Waals surface area contributed by atoms with Crippen molar-refractivity contribution in [2.24, 2.45) is 0 Å². The van der Waals surface area contributed by atoms with Crippen LogP contribution in [0.4, 0.5) is 21.8 Å². The maximum absolute atomic E-state index is 13.5. The molecule has 0 saturated carbocycles. The number of carbonyl (C=O) groups is 1. The number of rotatable bonds is 8. The fourth-order valence-corrected chi connectivity index (χ4v) is 2.27. The zero-order valence-corrected chi connectivity index (χ0v) is 15.0. The van der Waals surface area contributed by atoms with Gasteiger partial charge in [0, 0.05) is 30.9 Å². The minimum absolute atomic E-state index is 0.300. The molecule has 1 amide bonds. The van der Waals surface area contributed by atoms with E-state index in [9.17, 15) is 9.18 Å². The van der Waals surface area contributed by atoms with Gasteiger partial charge in [0.1, 0.15) is 17.5 Å². The average molecular weight is 378 g/mol. The Kier molecular flexibility index (Phi) is 6.62. The second-order valence-corrected chi connectivity index (χ2v) is 5.72. The molecule has 142 valence electrons. The summed E-state index contributed by atoms with van der Waals surface area (Å²) >= 11 is 0. The zero-order valence-electron chi connectivity index (χ0n) is 15.0. The number of pyridine rings is 1. The number of benzene rings is 1. The molecule has 7 nitrogen and oxygen atoms in total. The van der Waals surface area contributed by atoms with Gasteiger partial charge in [-0.3, -0.25) is 4.79 Å². The topological polar surface area (TPSA) is 91.8 Å². The quantitative estimate of drug-likeness (QED) is 0.412. The van der Waals surface area contributed by atoms with Crippen LogP contribution < -0.4 is 16.0 Å².